The molecule has 1 saturated heterocycles. The molecule has 3 heterocycles. The SMILES string of the molecule is O=C(O)N[C@H]1CC[C@H](N(CC2CC2)c2cc(-n3c(C(F)F)nc4ccccc43)nc(N3CCOCC3)n2)CC1. The number of carboxylic acid groups (broad SMARTS) is 1. The minimum atomic E-state index is -2.78. The van der Waals surface area contributed by atoms with Gasteiger partial charge in [-0.2, -0.15) is 9.97 Å². The highest BCUT2D eigenvalue weighted by molar-refractivity contribution is 5.78. The molecule has 6 rings (SSSR count). The van der Waals surface area contributed by atoms with Gasteiger partial charge in [0.2, 0.25) is 5.95 Å². The van der Waals surface area contributed by atoms with Crippen molar-refractivity contribution in [2.24, 2.45) is 5.92 Å². The predicted octanol–water partition coefficient (Wildman–Crippen LogP) is 4.38. The molecule has 2 saturated carbocycles. The van der Waals surface area contributed by atoms with Crippen LogP contribution < -0.4 is 15.1 Å². The number of para-hydroxylation sites is 2. The fourth-order valence-electron chi connectivity index (χ4n) is 5.72. The third-order valence-electron chi connectivity index (χ3n) is 7.90. The van der Waals surface area contributed by atoms with Crippen LogP contribution in [0.4, 0.5) is 25.3 Å². The van der Waals surface area contributed by atoms with Gasteiger partial charge in [0.25, 0.3) is 6.43 Å². The Morgan fingerprint density at radius 3 is 2.51 bits per heavy atom. The van der Waals surface area contributed by atoms with Gasteiger partial charge in [-0.15, -0.1) is 0 Å². The van der Waals surface area contributed by atoms with Crippen molar-refractivity contribution in [3.05, 3.63) is 36.2 Å². The number of halogens is 2. The number of aromatic nitrogens is 4. The number of carbonyl (C=O) groups is 1. The van der Waals surface area contributed by atoms with E-state index in [4.69, 9.17) is 19.8 Å². The van der Waals surface area contributed by atoms with Gasteiger partial charge in [-0.05, 0) is 56.6 Å². The molecule has 2 aliphatic carbocycles. The van der Waals surface area contributed by atoms with E-state index in [1.807, 2.05) is 17.0 Å². The molecule has 0 bridgehead atoms. The normalized spacial score (nSPS) is 21.9. The van der Waals surface area contributed by atoms with Crippen molar-refractivity contribution in [1.29, 1.82) is 0 Å². The van der Waals surface area contributed by atoms with Gasteiger partial charge in [-0.1, -0.05) is 12.1 Å². The second kappa shape index (κ2) is 10.9. The molecule has 1 aromatic carbocycles. The number of ether oxygens (including phenoxy) is 1. The fraction of sp³-hybridized carbons (Fsp3) is 0.556. The van der Waals surface area contributed by atoms with Crippen LogP contribution in [0.3, 0.4) is 0 Å². The molecule has 39 heavy (non-hydrogen) atoms. The second-order valence-corrected chi connectivity index (χ2v) is 10.6. The molecule has 3 aliphatic rings. The van der Waals surface area contributed by atoms with E-state index < -0.39 is 12.5 Å². The predicted molar refractivity (Wildman–Crippen MR) is 142 cm³/mol. The number of benzene rings is 1. The number of rotatable bonds is 8. The summed E-state index contributed by atoms with van der Waals surface area (Å²) in [6, 6.07) is 9.03. The van der Waals surface area contributed by atoms with E-state index in [2.05, 4.69) is 15.2 Å². The third kappa shape index (κ3) is 5.61. The highest BCUT2D eigenvalue weighted by atomic mass is 19.3. The van der Waals surface area contributed by atoms with Gasteiger partial charge in [-0.3, -0.25) is 4.57 Å². The number of anilines is 2. The molecule has 0 unspecified atom stereocenters. The second-order valence-electron chi connectivity index (χ2n) is 10.6. The first-order chi connectivity index (χ1) is 19.0. The number of hydrogen-bond acceptors (Lipinski definition) is 7. The molecule has 12 heteroatoms. The van der Waals surface area contributed by atoms with Crippen molar-refractivity contribution in [1.82, 2.24) is 24.8 Å². The number of imidazole rings is 1. The van der Waals surface area contributed by atoms with E-state index >= 15 is 0 Å². The number of amides is 1. The van der Waals surface area contributed by atoms with E-state index in [0.29, 0.717) is 60.8 Å². The lowest BCUT2D eigenvalue weighted by Crippen LogP contribution is -2.45. The molecule has 208 valence electrons. The van der Waals surface area contributed by atoms with Gasteiger partial charge >= 0.3 is 6.09 Å². The van der Waals surface area contributed by atoms with Crippen molar-refractivity contribution in [3.63, 3.8) is 0 Å². The molecular weight excluding hydrogens is 508 g/mol. The molecule has 1 amide bonds. The van der Waals surface area contributed by atoms with Crippen molar-refractivity contribution < 1.29 is 23.4 Å². The summed E-state index contributed by atoms with van der Waals surface area (Å²) < 4.78 is 35.5. The number of nitrogens with one attached hydrogen (secondary N) is 1. The molecule has 0 atom stereocenters. The maximum absolute atomic E-state index is 14.3. The Hall–Kier alpha value is -3.54. The van der Waals surface area contributed by atoms with Gasteiger partial charge in [0.05, 0.1) is 24.2 Å². The summed E-state index contributed by atoms with van der Waals surface area (Å²) >= 11 is 0. The zero-order chi connectivity index (χ0) is 26.9. The molecule has 0 spiro atoms. The average molecular weight is 542 g/mol. The molecular formula is C27H33F2N7O3. The molecule has 0 radical (unpaired) electrons. The van der Waals surface area contributed by atoms with Crippen LogP contribution in [0.5, 0.6) is 0 Å². The van der Waals surface area contributed by atoms with Gasteiger partial charge < -0.3 is 25.0 Å². The summed E-state index contributed by atoms with van der Waals surface area (Å²) in [6.45, 7) is 3.15. The first kappa shape index (κ1) is 25.7. The maximum Gasteiger partial charge on any atom is 0.404 e. The number of fused-ring (bicyclic) bond motifs is 1. The lowest BCUT2D eigenvalue weighted by molar-refractivity contribution is 0.122. The van der Waals surface area contributed by atoms with Crippen molar-refractivity contribution >= 4 is 28.9 Å². The van der Waals surface area contributed by atoms with Gasteiger partial charge in [0.15, 0.2) is 5.82 Å². The Bertz CT molecular complexity index is 1320. The van der Waals surface area contributed by atoms with E-state index in [1.165, 1.54) is 4.57 Å². The number of alkyl halides is 2. The van der Waals surface area contributed by atoms with E-state index in [1.54, 1.807) is 18.2 Å². The smallest absolute Gasteiger partial charge is 0.404 e. The number of hydrogen-bond donors (Lipinski definition) is 2. The van der Waals surface area contributed by atoms with E-state index in [0.717, 1.165) is 45.1 Å². The lowest BCUT2D eigenvalue weighted by Gasteiger charge is -2.38. The molecule has 2 N–H and O–H groups in total. The van der Waals surface area contributed by atoms with E-state index in [9.17, 15) is 13.6 Å². The minimum Gasteiger partial charge on any atom is -0.465 e. The summed E-state index contributed by atoms with van der Waals surface area (Å²) in [5, 5.41) is 11.8. The molecule has 2 aromatic heterocycles. The van der Waals surface area contributed by atoms with Gasteiger partial charge in [0.1, 0.15) is 11.6 Å². The van der Waals surface area contributed by atoms with E-state index in [-0.39, 0.29) is 17.9 Å². The average Bonchev–Trinajstić information content (AvgIpc) is 3.68. The summed E-state index contributed by atoms with van der Waals surface area (Å²) in [4.78, 5) is 29.5. The molecule has 10 nitrogen and oxygen atoms in total. The first-order valence-corrected chi connectivity index (χ1v) is 13.7. The summed E-state index contributed by atoms with van der Waals surface area (Å²) in [5.41, 5.74) is 1.05. The van der Waals surface area contributed by atoms with Crippen LogP contribution in [0, 0.1) is 5.92 Å². The van der Waals surface area contributed by atoms with Crippen LogP contribution in [-0.2, 0) is 4.74 Å². The highest BCUT2D eigenvalue weighted by Crippen LogP contribution is 2.36. The van der Waals surface area contributed by atoms with Gasteiger partial charge in [-0.25, -0.2) is 18.6 Å². The maximum atomic E-state index is 14.3. The minimum absolute atomic E-state index is 0.0580. The topological polar surface area (TPSA) is 109 Å². The quantitative estimate of drug-likeness (QED) is 0.433. The zero-order valence-electron chi connectivity index (χ0n) is 21.7. The zero-order valence-corrected chi connectivity index (χ0v) is 21.7. The molecule has 3 fully saturated rings. The van der Waals surface area contributed by atoms with Crippen LogP contribution in [0.1, 0.15) is 50.8 Å². The van der Waals surface area contributed by atoms with Crippen molar-refractivity contribution in [3.8, 4) is 5.82 Å². The van der Waals surface area contributed by atoms with Crippen LogP contribution >= 0.6 is 0 Å². The van der Waals surface area contributed by atoms with Crippen molar-refractivity contribution in [2.45, 2.75) is 57.0 Å². The van der Waals surface area contributed by atoms with Crippen LogP contribution in [0.25, 0.3) is 16.9 Å². The summed E-state index contributed by atoms with van der Waals surface area (Å²) in [5.74, 6) is 1.79. The Kier molecular flexibility index (Phi) is 7.20. The van der Waals surface area contributed by atoms with Gasteiger partial charge in [0, 0.05) is 37.8 Å². The standard InChI is InChI=1S/C27H33F2N7O3/c28-24(29)25-31-20-3-1-2-4-21(20)36(25)23-15-22(32-26(33-23)34-11-13-39-14-12-34)35(16-17-5-6-17)19-9-7-18(8-10-19)30-27(37)38/h1-4,15,17-19,24,30H,5-14,16H2,(H,37,38)/t18-,19-. The Morgan fingerprint density at radius 2 is 1.82 bits per heavy atom. The monoisotopic (exact) mass is 541 g/mol. The molecule has 3 aromatic rings. The Balaban J connectivity index is 1.42. The summed E-state index contributed by atoms with van der Waals surface area (Å²) in [6.07, 6.45) is 1.67. The Labute approximate surface area is 225 Å². The number of morpholine rings is 1. The van der Waals surface area contributed by atoms with Crippen LogP contribution in [-0.4, -0.2) is 75.7 Å². The largest absolute Gasteiger partial charge is 0.465 e. The molecule has 1 aliphatic heterocycles. The van der Waals surface area contributed by atoms with Crippen LogP contribution in [0.15, 0.2) is 30.3 Å². The highest BCUT2D eigenvalue weighted by Gasteiger charge is 2.33. The van der Waals surface area contributed by atoms with Crippen molar-refractivity contribution in [2.75, 3.05) is 42.6 Å². The third-order valence-corrected chi connectivity index (χ3v) is 7.90. The number of nitrogens with zero attached hydrogens (tertiary/aromatic N) is 6. The Morgan fingerprint density at radius 1 is 1.08 bits per heavy atom. The lowest BCUT2D eigenvalue weighted by atomic mass is 9.90. The fourth-order valence-corrected chi connectivity index (χ4v) is 5.72. The summed E-state index contributed by atoms with van der Waals surface area (Å²) in [7, 11) is 0. The first-order valence-electron chi connectivity index (χ1n) is 13.7. The van der Waals surface area contributed by atoms with Crippen LogP contribution in [0.2, 0.25) is 0 Å².